The number of hydrogen-bond acceptors (Lipinski definition) is 4. The van der Waals surface area contributed by atoms with Gasteiger partial charge in [0.1, 0.15) is 11.7 Å². The Balaban J connectivity index is 1.25. The van der Waals surface area contributed by atoms with E-state index >= 15 is 0 Å². The summed E-state index contributed by atoms with van der Waals surface area (Å²) >= 11 is 0. The molecule has 0 aliphatic heterocycles. The predicted octanol–water partition coefficient (Wildman–Crippen LogP) is 2.80. The van der Waals surface area contributed by atoms with Crippen LogP contribution in [0.5, 0.6) is 0 Å². The number of amides is 1. The van der Waals surface area contributed by atoms with Crippen LogP contribution in [0.4, 0.5) is 0 Å². The van der Waals surface area contributed by atoms with E-state index in [4.69, 9.17) is 0 Å². The van der Waals surface area contributed by atoms with Gasteiger partial charge in [-0.2, -0.15) is 5.10 Å². The minimum atomic E-state index is -0.125. The van der Waals surface area contributed by atoms with E-state index in [9.17, 15) is 9.59 Å². The second-order valence-corrected chi connectivity index (χ2v) is 8.52. The Labute approximate surface area is 196 Å². The summed E-state index contributed by atoms with van der Waals surface area (Å²) in [6.45, 7) is 3.32. The zero-order valence-corrected chi connectivity index (χ0v) is 19.2. The maximum absolute atomic E-state index is 12.9. The Morgan fingerprint density at radius 1 is 1.03 bits per heavy atom. The summed E-state index contributed by atoms with van der Waals surface area (Å²) in [6, 6.07) is 16.0. The highest BCUT2D eigenvalue weighted by Gasteiger charge is 2.13. The first-order valence-corrected chi connectivity index (χ1v) is 11.3. The SMILES string of the molecule is Cc1ccccc1Cn1cnc2c(cnn2CCNC(=O)Cc2cn(C)c3ccccc23)c1=O. The molecule has 0 atom stereocenters. The maximum Gasteiger partial charge on any atom is 0.264 e. The summed E-state index contributed by atoms with van der Waals surface area (Å²) in [5, 5.41) is 8.84. The van der Waals surface area contributed by atoms with Gasteiger partial charge in [-0.3, -0.25) is 14.2 Å². The van der Waals surface area contributed by atoms with Gasteiger partial charge in [0.2, 0.25) is 5.91 Å². The number of carbonyl (C=O) groups excluding carboxylic acids is 1. The van der Waals surface area contributed by atoms with Crippen molar-refractivity contribution in [2.24, 2.45) is 7.05 Å². The lowest BCUT2D eigenvalue weighted by Gasteiger charge is -2.09. The van der Waals surface area contributed by atoms with Crippen LogP contribution in [0.2, 0.25) is 0 Å². The molecule has 8 heteroatoms. The maximum atomic E-state index is 12.9. The summed E-state index contributed by atoms with van der Waals surface area (Å²) in [6.07, 6.45) is 5.42. The predicted molar refractivity (Wildman–Crippen MR) is 132 cm³/mol. The van der Waals surface area contributed by atoms with E-state index in [1.165, 1.54) is 0 Å². The third kappa shape index (κ3) is 4.10. The normalized spacial score (nSPS) is 11.4. The molecular formula is C26H26N6O2. The minimum Gasteiger partial charge on any atom is -0.354 e. The minimum absolute atomic E-state index is 0.0543. The van der Waals surface area contributed by atoms with Gasteiger partial charge in [-0.15, -0.1) is 0 Å². The molecular weight excluding hydrogens is 428 g/mol. The summed E-state index contributed by atoms with van der Waals surface area (Å²) < 4.78 is 5.29. The van der Waals surface area contributed by atoms with E-state index < -0.39 is 0 Å². The van der Waals surface area contributed by atoms with Gasteiger partial charge in [0.15, 0.2) is 5.65 Å². The van der Waals surface area contributed by atoms with Gasteiger partial charge in [0.05, 0.1) is 25.7 Å². The molecule has 0 saturated carbocycles. The summed E-state index contributed by atoms with van der Waals surface area (Å²) in [4.78, 5) is 30.0. The Bertz CT molecular complexity index is 1560. The molecule has 8 nitrogen and oxygen atoms in total. The van der Waals surface area contributed by atoms with Crippen LogP contribution in [0.15, 0.2) is 72.0 Å². The van der Waals surface area contributed by atoms with Gasteiger partial charge in [-0.05, 0) is 29.7 Å². The molecule has 0 radical (unpaired) electrons. The molecule has 1 N–H and O–H groups in total. The Morgan fingerprint density at radius 3 is 2.68 bits per heavy atom. The third-order valence-electron chi connectivity index (χ3n) is 6.20. The second-order valence-electron chi connectivity index (χ2n) is 8.52. The summed E-state index contributed by atoms with van der Waals surface area (Å²) in [5.74, 6) is -0.0543. The van der Waals surface area contributed by atoms with E-state index in [0.717, 1.165) is 27.6 Å². The van der Waals surface area contributed by atoms with E-state index in [-0.39, 0.29) is 11.5 Å². The number of para-hydroxylation sites is 1. The number of aryl methyl sites for hydroxylation is 2. The lowest BCUT2D eigenvalue weighted by molar-refractivity contribution is -0.120. The van der Waals surface area contributed by atoms with Crippen LogP contribution in [0, 0.1) is 6.92 Å². The van der Waals surface area contributed by atoms with Gasteiger partial charge < -0.3 is 9.88 Å². The van der Waals surface area contributed by atoms with E-state index in [1.54, 1.807) is 21.8 Å². The van der Waals surface area contributed by atoms with Crippen molar-refractivity contribution in [2.75, 3.05) is 6.54 Å². The fraction of sp³-hybridized carbons (Fsp3) is 0.231. The van der Waals surface area contributed by atoms with Crippen molar-refractivity contribution >= 4 is 27.8 Å². The lowest BCUT2D eigenvalue weighted by atomic mass is 10.1. The van der Waals surface area contributed by atoms with Crippen LogP contribution >= 0.6 is 0 Å². The number of nitrogens with zero attached hydrogens (tertiary/aromatic N) is 5. The van der Waals surface area contributed by atoms with E-state index in [2.05, 4.69) is 15.4 Å². The molecule has 1 amide bonds. The molecule has 3 aromatic heterocycles. The molecule has 2 aromatic carbocycles. The smallest absolute Gasteiger partial charge is 0.264 e. The highest BCUT2D eigenvalue weighted by Crippen LogP contribution is 2.20. The number of fused-ring (bicyclic) bond motifs is 2. The van der Waals surface area contributed by atoms with Gasteiger partial charge in [-0.25, -0.2) is 9.67 Å². The molecule has 172 valence electrons. The summed E-state index contributed by atoms with van der Waals surface area (Å²) in [7, 11) is 1.98. The zero-order chi connectivity index (χ0) is 23.7. The molecule has 3 heterocycles. The number of carbonyl (C=O) groups is 1. The van der Waals surface area contributed by atoms with Crippen LogP contribution in [0.25, 0.3) is 21.9 Å². The van der Waals surface area contributed by atoms with Gasteiger partial charge in [0.25, 0.3) is 5.56 Å². The van der Waals surface area contributed by atoms with Crippen LogP contribution in [-0.4, -0.2) is 36.4 Å². The molecule has 0 saturated heterocycles. The Morgan fingerprint density at radius 2 is 1.82 bits per heavy atom. The van der Waals surface area contributed by atoms with Gasteiger partial charge in [0, 0.05) is 30.7 Å². The van der Waals surface area contributed by atoms with Crippen molar-refractivity contribution in [3.8, 4) is 0 Å². The number of benzene rings is 2. The molecule has 0 unspecified atom stereocenters. The average molecular weight is 455 g/mol. The largest absolute Gasteiger partial charge is 0.354 e. The van der Waals surface area contributed by atoms with Gasteiger partial charge >= 0.3 is 0 Å². The van der Waals surface area contributed by atoms with Crippen LogP contribution in [0.3, 0.4) is 0 Å². The summed E-state index contributed by atoms with van der Waals surface area (Å²) in [5.41, 5.74) is 4.70. The first-order valence-electron chi connectivity index (χ1n) is 11.3. The second kappa shape index (κ2) is 8.97. The van der Waals surface area contributed by atoms with E-state index in [1.807, 2.05) is 73.3 Å². The zero-order valence-electron chi connectivity index (χ0n) is 19.2. The fourth-order valence-corrected chi connectivity index (χ4v) is 4.35. The Kier molecular flexibility index (Phi) is 5.71. The highest BCUT2D eigenvalue weighted by atomic mass is 16.1. The Hall–Kier alpha value is -4.20. The molecule has 5 aromatic rings. The number of aromatic nitrogens is 5. The molecule has 0 aliphatic carbocycles. The monoisotopic (exact) mass is 454 g/mol. The topological polar surface area (TPSA) is 86.7 Å². The highest BCUT2D eigenvalue weighted by molar-refractivity contribution is 5.89. The number of hydrogen-bond donors (Lipinski definition) is 1. The van der Waals surface area contributed by atoms with Crippen molar-refractivity contribution in [3.05, 3.63) is 94.3 Å². The van der Waals surface area contributed by atoms with Crippen molar-refractivity contribution < 1.29 is 4.79 Å². The molecule has 0 aliphatic rings. The molecule has 0 bridgehead atoms. The molecule has 34 heavy (non-hydrogen) atoms. The van der Waals surface area contributed by atoms with Gasteiger partial charge in [-0.1, -0.05) is 42.5 Å². The standard InChI is InChI=1S/C26H26N6O2/c1-18-7-3-4-8-19(18)16-31-17-28-25-22(26(31)34)14-29-32(25)12-11-27-24(33)13-20-15-30(2)23-10-6-5-9-21(20)23/h3-10,14-15,17H,11-13,16H2,1-2H3,(H,27,33). The first-order chi connectivity index (χ1) is 16.5. The average Bonchev–Trinajstić information content (AvgIpc) is 3.39. The lowest BCUT2D eigenvalue weighted by Crippen LogP contribution is -2.29. The number of nitrogens with one attached hydrogen (secondary N) is 1. The molecule has 5 rings (SSSR count). The fourth-order valence-electron chi connectivity index (χ4n) is 4.35. The van der Waals surface area contributed by atoms with Crippen LogP contribution < -0.4 is 10.9 Å². The molecule has 0 fully saturated rings. The van der Waals surface area contributed by atoms with Crippen molar-refractivity contribution in [2.45, 2.75) is 26.4 Å². The third-order valence-corrected chi connectivity index (χ3v) is 6.20. The van der Waals surface area contributed by atoms with Crippen molar-refractivity contribution in [1.82, 2.24) is 29.2 Å². The van der Waals surface area contributed by atoms with Crippen molar-refractivity contribution in [1.29, 1.82) is 0 Å². The molecule has 0 spiro atoms. The number of rotatable bonds is 7. The van der Waals surface area contributed by atoms with Crippen LogP contribution in [0.1, 0.15) is 16.7 Å². The quantitative estimate of drug-likeness (QED) is 0.410. The van der Waals surface area contributed by atoms with Crippen LogP contribution in [-0.2, 0) is 31.4 Å². The van der Waals surface area contributed by atoms with Crippen molar-refractivity contribution in [3.63, 3.8) is 0 Å². The van der Waals surface area contributed by atoms with E-state index in [0.29, 0.717) is 37.1 Å². The first kappa shape index (κ1) is 21.6.